The predicted molar refractivity (Wildman–Crippen MR) is 77.7 cm³/mol. The Morgan fingerprint density at radius 3 is 2.42 bits per heavy atom. The lowest BCUT2D eigenvalue weighted by Crippen LogP contribution is -2.25. The van der Waals surface area contributed by atoms with Crippen LogP contribution in [0.5, 0.6) is 5.75 Å². The molecule has 0 amide bonds. The van der Waals surface area contributed by atoms with Crippen molar-refractivity contribution in [3.63, 3.8) is 0 Å². The fourth-order valence-corrected chi connectivity index (χ4v) is 2.55. The van der Waals surface area contributed by atoms with Gasteiger partial charge >= 0.3 is 0 Å². The molecule has 0 aromatic heterocycles. The number of rotatable bonds is 4. The van der Waals surface area contributed by atoms with Crippen molar-refractivity contribution in [3.8, 4) is 5.75 Å². The fraction of sp³-hybridized carbons (Fsp3) is 0.250. The van der Waals surface area contributed by atoms with Gasteiger partial charge in [0.2, 0.25) is 0 Å². The first-order valence-electron chi connectivity index (χ1n) is 6.14. The third-order valence-electron chi connectivity index (χ3n) is 3.18. The third kappa shape index (κ3) is 3.09. The number of ether oxygens (including phenoxy) is 1. The zero-order valence-corrected chi connectivity index (χ0v) is 11.8. The Bertz CT molecular complexity index is 564. The molecule has 2 aromatic carbocycles. The molecule has 1 atom stereocenters. The van der Waals surface area contributed by atoms with Gasteiger partial charge in [0, 0.05) is 17.0 Å². The largest absolute Gasteiger partial charge is 0.496 e. The molecule has 0 aliphatic carbocycles. The van der Waals surface area contributed by atoms with Gasteiger partial charge in [-0.25, -0.2) is 0 Å². The molecule has 19 heavy (non-hydrogen) atoms. The standard InChI is InChI=1S/C16H17ClO2/c1-16(18,13-8-4-5-9-14(13)17)11-12-7-3-6-10-15(12)19-2/h3-10,18H,11H2,1-2H3. The van der Waals surface area contributed by atoms with Crippen molar-refractivity contribution in [3.05, 3.63) is 64.7 Å². The van der Waals surface area contributed by atoms with Crippen LogP contribution < -0.4 is 4.74 Å². The van der Waals surface area contributed by atoms with Gasteiger partial charge in [0.15, 0.2) is 0 Å². The number of hydrogen-bond acceptors (Lipinski definition) is 2. The summed E-state index contributed by atoms with van der Waals surface area (Å²) in [5.41, 5.74) is 0.643. The Morgan fingerprint density at radius 2 is 1.74 bits per heavy atom. The van der Waals surface area contributed by atoms with Crippen LogP contribution in [0.3, 0.4) is 0 Å². The smallest absolute Gasteiger partial charge is 0.122 e. The lowest BCUT2D eigenvalue weighted by Gasteiger charge is -2.25. The summed E-state index contributed by atoms with van der Waals surface area (Å²) in [6.07, 6.45) is 0.445. The van der Waals surface area contributed by atoms with Crippen LogP contribution in [-0.2, 0) is 12.0 Å². The van der Waals surface area contributed by atoms with Crippen molar-refractivity contribution in [2.75, 3.05) is 7.11 Å². The highest BCUT2D eigenvalue weighted by atomic mass is 35.5. The van der Waals surface area contributed by atoms with Gasteiger partial charge in [0.25, 0.3) is 0 Å². The summed E-state index contributed by atoms with van der Waals surface area (Å²) in [4.78, 5) is 0. The summed E-state index contributed by atoms with van der Waals surface area (Å²) in [5, 5.41) is 11.3. The van der Waals surface area contributed by atoms with E-state index in [1.807, 2.05) is 42.5 Å². The van der Waals surface area contributed by atoms with E-state index < -0.39 is 5.60 Å². The second-order valence-corrected chi connectivity index (χ2v) is 5.15. The summed E-state index contributed by atoms with van der Waals surface area (Å²) in [6, 6.07) is 15.0. The van der Waals surface area contributed by atoms with Crippen LogP contribution in [0.1, 0.15) is 18.1 Å². The summed E-state index contributed by atoms with van der Waals surface area (Å²) < 4.78 is 5.31. The monoisotopic (exact) mass is 276 g/mol. The predicted octanol–water partition coefficient (Wildman–Crippen LogP) is 3.80. The molecule has 2 nitrogen and oxygen atoms in total. The maximum absolute atomic E-state index is 10.7. The molecule has 0 radical (unpaired) electrons. The lowest BCUT2D eigenvalue weighted by atomic mass is 9.88. The summed E-state index contributed by atoms with van der Waals surface area (Å²) in [5.74, 6) is 0.773. The van der Waals surface area contributed by atoms with Gasteiger partial charge in [0.1, 0.15) is 5.75 Å². The number of aliphatic hydroxyl groups is 1. The molecule has 2 rings (SSSR count). The molecular formula is C16H17ClO2. The van der Waals surface area contributed by atoms with E-state index in [0.717, 1.165) is 16.9 Å². The minimum atomic E-state index is -1.03. The number of para-hydroxylation sites is 1. The van der Waals surface area contributed by atoms with Gasteiger partial charge < -0.3 is 9.84 Å². The molecule has 0 spiro atoms. The molecule has 0 bridgehead atoms. The van der Waals surface area contributed by atoms with E-state index in [-0.39, 0.29) is 0 Å². The van der Waals surface area contributed by atoms with E-state index in [9.17, 15) is 5.11 Å². The Hall–Kier alpha value is -1.51. The van der Waals surface area contributed by atoms with Crippen LogP contribution in [0.2, 0.25) is 5.02 Å². The van der Waals surface area contributed by atoms with Crippen molar-refractivity contribution in [1.82, 2.24) is 0 Å². The van der Waals surface area contributed by atoms with E-state index in [2.05, 4.69) is 0 Å². The fourth-order valence-electron chi connectivity index (χ4n) is 2.21. The second kappa shape index (κ2) is 5.64. The van der Waals surface area contributed by atoms with Gasteiger partial charge in [-0.2, -0.15) is 0 Å². The van der Waals surface area contributed by atoms with E-state index >= 15 is 0 Å². The maximum Gasteiger partial charge on any atom is 0.122 e. The molecule has 1 N–H and O–H groups in total. The topological polar surface area (TPSA) is 29.5 Å². The molecule has 0 heterocycles. The summed E-state index contributed by atoms with van der Waals surface area (Å²) in [6.45, 7) is 1.76. The van der Waals surface area contributed by atoms with E-state index in [0.29, 0.717) is 11.4 Å². The van der Waals surface area contributed by atoms with Crippen LogP contribution in [0.25, 0.3) is 0 Å². The van der Waals surface area contributed by atoms with E-state index in [1.165, 1.54) is 0 Å². The van der Waals surface area contributed by atoms with Crippen molar-refractivity contribution < 1.29 is 9.84 Å². The maximum atomic E-state index is 10.7. The van der Waals surface area contributed by atoms with Crippen molar-refractivity contribution in [2.45, 2.75) is 18.9 Å². The highest BCUT2D eigenvalue weighted by Gasteiger charge is 2.27. The van der Waals surface area contributed by atoms with Crippen LogP contribution in [0.4, 0.5) is 0 Å². The average Bonchev–Trinajstić information content (AvgIpc) is 2.39. The molecule has 1 unspecified atom stereocenters. The molecule has 3 heteroatoms. The van der Waals surface area contributed by atoms with Gasteiger partial charge in [-0.3, -0.25) is 0 Å². The number of benzene rings is 2. The third-order valence-corrected chi connectivity index (χ3v) is 3.51. The normalized spacial score (nSPS) is 13.9. The van der Waals surface area contributed by atoms with Crippen molar-refractivity contribution in [2.24, 2.45) is 0 Å². The first-order chi connectivity index (χ1) is 9.04. The zero-order valence-electron chi connectivity index (χ0n) is 11.1. The second-order valence-electron chi connectivity index (χ2n) is 4.74. The average molecular weight is 277 g/mol. The number of halogens is 1. The minimum Gasteiger partial charge on any atom is -0.496 e. The van der Waals surface area contributed by atoms with Crippen LogP contribution in [0, 0.1) is 0 Å². The minimum absolute atomic E-state index is 0.445. The first-order valence-corrected chi connectivity index (χ1v) is 6.51. The highest BCUT2D eigenvalue weighted by molar-refractivity contribution is 6.31. The molecule has 2 aromatic rings. The van der Waals surface area contributed by atoms with Gasteiger partial charge in [0.05, 0.1) is 12.7 Å². The van der Waals surface area contributed by atoms with Crippen LogP contribution in [0.15, 0.2) is 48.5 Å². The number of methoxy groups -OCH3 is 1. The zero-order chi connectivity index (χ0) is 13.9. The lowest BCUT2D eigenvalue weighted by molar-refractivity contribution is 0.0571. The van der Waals surface area contributed by atoms with Crippen LogP contribution >= 0.6 is 11.6 Å². The molecule has 0 aliphatic rings. The Balaban J connectivity index is 2.34. The van der Waals surface area contributed by atoms with Gasteiger partial charge in [-0.1, -0.05) is 48.0 Å². The van der Waals surface area contributed by atoms with Crippen molar-refractivity contribution >= 4 is 11.6 Å². The quantitative estimate of drug-likeness (QED) is 0.920. The SMILES string of the molecule is COc1ccccc1CC(C)(O)c1ccccc1Cl. The van der Waals surface area contributed by atoms with Crippen molar-refractivity contribution in [1.29, 1.82) is 0 Å². The Kier molecular flexibility index (Phi) is 4.13. The van der Waals surface area contributed by atoms with Crippen LogP contribution in [-0.4, -0.2) is 12.2 Å². The summed E-state index contributed by atoms with van der Waals surface area (Å²) >= 11 is 6.16. The van der Waals surface area contributed by atoms with Gasteiger partial charge in [-0.15, -0.1) is 0 Å². The number of hydrogen-bond donors (Lipinski definition) is 1. The first kappa shape index (κ1) is 13.9. The molecule has 0 saturated heterocycles. The Labute approximate surface area is 118 Å². The highest BCUT2D eigenvalue weighted by Crippen LogP contribution is 2.33. The molecular weight excluding hydrogens is 260 g/mol. The summed E-state index contributed by atoms with van der Waals surface area (Å²) in [7, 11) is 1.63. The van der Waals surface area contributed by atoms with E-state index in [4.69, 9.17) is 16.3 Å². The molecule has 100 valence electrons. The van der Waals surface area contributed by atoms with Gasteiger partial charge in [-0.05, 0) is 24.6 Å². The van der Waals surface area contributed by atoms with E-state index in [1.54, 1.807) is 20.1 Å². The molecule has 0 fully saturated rings. The Morgan fingerprint density at radius 1 is 1.11 bits per heavy atom. The molecule has 0 saturated carbocycles. The molecule has 0 aliphatic heterocycles.